The molecule has 3 N–H and O–H groups in total. The predicted molar refractivity (Wildman–Crippen MR) is 81.9 cm³/mol. The number of amides is 1. The first-order valence-corrected chi connectivity index (χ1v) is 8.04. The summed E-state index contributed by atoms with van der Waals surface area (Å²) in [5.41, 5.74) is 1.83. The highest BCUT2D eigenvalue weighted by Crippen LogP contribution is 2.38. The first-order chi connectivity index (χ1) is 10.7. The number of carbonyl (C=O) groups is 1. The molecular weight excluding hydrogens is 282 g/mol. The van der Waals surface area contributed by atoms with Gasteiger partial charge in [-0.25, -0.2) is 0 Å². The Balaban J connectivity index is 1.61. The normalized spacial score (nSPS) is 29.9. The van der Waals surface area contributed by atoms with Crippen LogP contribution in [-0.2, 0) is 22.4 Å². The third-order valence-electron chi connectivity index (χ3n) is 5.33. The first kappa shape index (κ1) is 14.0. The standard InChI is InChI=1S/C16H21N3O3/c20-14-13(5-10-3-1-2-4-12(10)18-14)19-15(21)16-8-17-6-11(16)7-22-9-16/h5,11,17H,1-4,6-9H2,(H,18,20)(H,19,21)/t11-,16-/m0/s1. The lowest BCUT2D eigenvalue weighted by molar-refractivity contribution is -0.125. The van der Waals surface area contributed by atoms with E-state index >= 15 is 0 Å². The molecule has 3 heterocycles. The molecular formula is C16H21N3O3. The van der Waals surface area contributed by atoms with Gasteiger partial charge in [0.1, 0.15) is 5.69 Å². The van der Waals surface area contributed by atoms with Gasteiger partial charge in [-0.2, -0.15) is 0 Å². The Kier molecular flexibility index (Phi) is 3.31. The fraction of sp³-hybridized carbons (Fsp3) is 0.625. The third kappa shape index (κ3) is 2.09. The highest BCUT2D eigenvalue weighted by Gasteiger charge is 2.53. The first-order valence-electron chi connectivity index (χ1n) is 8.04. The van der Waals surface area contributed by atoms with Gasteiger partial charge >= 0.3 is 0 Å². The van der Waals surface area contributed by atoms with E-state index in [1.165, 1.54) is 0 Å². The fourth-order valence-corrected chi connectivity index (χ4v) is 3.93. The van der Waals surface area contributed by atoms with Gasteiger partial charge in [-0.05, 0) is 37.3 Å². The summed E-state index contributed by atoms with van der Waals surface area (Å²) in [4.78, 5) is 27.9. The van der Waals surface area contributed by atoms with Crippen LogP contribution in [0, 0.1) is 11.3 Å². The van der Waals surface area contributed by atoms with E-state index in [1.54, 1.807) is 0 Å². The number of ether oxygens (including phenoxy) is 1. The van der Waals surface area contributed by atoms with Crippen molar-refractivity contribution in [3.63, 3.8) is 0 Å². The van der Waals surface area contributed by atoms with Crippen LogP contribution < -0.4 is 16.2 Å². The summed E-state index contributed by atoms with van der Waals surface area (Å²) in [7, 11) is 0. The topological polar surface area (TPSA) is 83.2 Å². The fourth-order valence-electron chi connectivity index (χ4n) is 3.93. The second-order valence-electron chi connectivity index (χ2n) is 6.68. The van der Waals surface area contributed by atoms with Gasteiger partial charge < -0.3 is 20.4 Å². The summed E-state index contributed by atoms with van der Waals surface area (Å²) in [6.45, 7) is 2.46. The molecule has 0 radical (unpaired) electrons. The van der Waals surface area contributed by atoms with E-state index in [1.807, 2.05) is 6.07 Å². The monoisotopic (exact) mass is 303 g/mol. The molecule has 3 aliphatic rings. The summed E-state index contributed by atoms with van der Waals surface area (Å²) >= 11 is 0. The van der Waals surface area contributed by atoms with Crippen LogP contribution in [0.4, 0.5) is 5.69 Å². The maximum absolute atomic E-state index is 12.8. The van der Waals surface area contributed by atoms with Gasteiger partial charge in [0.15, 0.2) is 0 Å². The van der Waals surface area contributed by atoms with Crippen molar-refractivity contribution in [3.8, 4) is 0 Å². The maximum Gasteiger partial charge on any atom is 0.271 e. The van der Waals surface area contributed by atoms with E-state index in [2.05, 4.69) is 15.6 Å². The minimum absolute atomic E-state index is 0.0961. The molecule has 0 aromatic carbocycles. The van der Waals surface area contributed by atoms with Crippen molar-refractivity contribution in [2.75, 3.05) is 31.6 Å². The number of anilines is 1. The molecule has 0 unspecified atom stereocenters. The van der Waals surface area contributed by atoms with Crippen LogP contribution >= 0.6 is 0 Å². The number of nitrogens with one attached hydrogen (secondary N) is 3. The van der Waals surface area contributed by atoms with Gasteiger partial charge in [0.25, 0.3) is 5.56 Å². The number of carbonyl (C=O) groups excluding carboxylic acids is 1. The largest absolute Gasteiger partial charge is 0.380 e. The average molecular weight is 303 g/mol. The zero-order chi connectivity index (χ0) is 15.2. The number of pyridine rings is 1. The van der Waals surface area contributed by atoms with Gasteiger partial charge in [0, 0.05) is 24.7 Å². The number of rotatable bonds is 2. The minimum atomic E-state index is -0.525. The SMILES string of the molecule is O=C(Nc1cc2c([nH]c1=O)CCCC2)[C@]12CNC[C@H]1COC2. The van der Waals surface area contributed by atoms with Crippen molar-refractivity contribution in [1.29, 1.82) is 0 Å². The Hall–Kier alpha value is -1.66. The van der Waals surface area contributed by atoms with Crippen LogP contribution in [0.3, 0.4) is 0 Å². The van der Waals surface area contributed by atoms with E-state index in [-0.39, 0.29) is 17.4 Å². The Morgan fingerprint density at radius 1 is 1.36 bits per heavy atom. The van der Waals surface area contributed by atoms with Gasteiger partial charge in [-0.3, -0.25) is 9.59 Å². The van der Waals surface area contributed by atoms with Crippen molar-refractivity contribution in [2.45, 2.75) is 25.7 Å². The molecule has 0 saturated carbocycles. The summed E-state index contributed by atoms with van der Waals surface area (Å²) in [5.74, 6) is 0.102. The minimum Gasteiger partial charge on any atom is -0.380 e. The molecule has 6 heteroatoms. The zero-order valence-electron chi connectivity index (χ0n) is 12.5. The number of hydrogen-bond donors (Lipinski definition) is 3. The molecule has 118 valence electrons. The smallest absolute Gasteiger partial charge is 0.271 e. The maximum atomic E-state index is 12.8. The number of aromatic amines is 1. The molecule has 1 amide bonds. The molecule has 2 saturated heterocycles. The Morgan fingerprint density at radius 2 is 2.23 bits per heavy atom. The van der Waals surface area contributed by atoms with Crippen LogP contribution in [-0.4, -0.2) is 37.2 Å². The molecule has 1 aliphatic carbocycles. The molecule has 2 fully saturated rings. The summed E-state index contributed by atoms with van der Waals surface area (Å²) in [5, 5.41) is 6.13. The van der Waals surface area contributed by atoms with Crippen LogP contribution in [0.5, 0.6) is 0 Å². The summed E-state index contributed by atoms with van der Waals surface area (Å²) < 4.78 is 5.51. The molecule has 4 rings (SSSR count). The molecule has 0 bridgehead atoms. The molecule has 1 aromatic heterocycles. The van der Waals surface area contributed by atoms with Crippen molar-refractivity contribution < 1.29 is 9.53 Å². The molecule has 1 aromatic rings. The number of aromatic nitrogens is 1. The van der Waals surface area contributed by atoms with Crippen molar-refractivity contribution in [3.05, 3.63) is 27.7 Å². The second kappa shape index (κ2) is 5.21. The second-order valence-corrected chi connectivity index (χ2v) is 6.68. The van der Waals surface area contributed by atoms with E-state index in [9.17, 15) is 9.59 Å². The van der Waals surface area contributed by atoms with Crippen molar-refractivity contribution in [2.24, 2.45) is 11.3 Å². The number of H-pyrrole nitrogens is 1. The molecule has 6 nitrogen and oxygen atoms in total. The number of hydrogen-bond acceptors (Lipinski definition) is 4. The quantitative estimate of drug-likeness (QED) is 0.740. The molecule has 22 heavy (non-hydrogen) atoms. The van der Waals surface area contributed by atoms with Gasteiger partial charge in [-0.1, -0.05) is 0 Å². The van der Waals surface area contributed by atoms with Crippen molar-refractivity contribution in [1.82, 2.24) is 10.3 Å². The van der Waals surface area contributed by atoms with Crippen molar-refractivity contribution >= 4 is 11.6 Å². The zero-order valence-corrected chi connectivity index (χ0v) is 12.5. The highest BCUT2D eigenvalue weighted by molar-refractivity contribution is 5.96. The Labute approximate surface area is 128 Å². The van der Waals surface area contributed by atoms with Crippen LogP contribution in [0.15, 0.2) is 10.9 Å². The van der Waals surface area contributed by atoms with Crippen LogP contribution in [0.25, 0.3) is 0 Å². The number of fused-ring (bicyclic) bond motifs is 2. The highest BCUT2D eigenvalue weighted by atomic mass is 16.5. The van der Waals surface area contributed by atoms with Gasteiger partial charge in [0.05, 0.1) is 18.6 Å². The van der Waals surface area contributed by atoms with E-state index < -0.39 is 5.41 Å². The predicted octanol–water partition coefficient (Wildman–Crippen LogP) is 0.428. The summed E-state index contributed by atoms with van der Waals surface area (Å²) in [6, 6.07) is 1.86. The lowest BCUT2D eigenvalue weighted by Crippen LogP contribution is -2.43. The van der Waals surface area contributed by atoms with E-state index in [0.717, 1.165) is 43.5 Å². The van der Waals surface area contributed by atoms with E-state index in [4.69, 9.17) is 4.74 Å². The molecule has 2 aliphatic heterocycles. The lowest BCUT2D eigenvalue weighted by atomic mass is 9.80. The van der Waals surface area contributed by atoms with E-state index in [0.29, 0.717) is 25.4 Å². The lowest BCUT2D eigenvalue weighted by Gasteiger charge is -2.25. The Morgan fingerprint density at radius 3 is 3.14 bits per heavy atom. The van der Waals surface area contributed by atoms with Crippen LogP contribution in [0.2, 0.25) is 0 Å². The summed E-state index contributed by atoms with van der Waals surface area (Å²) in [6.07, 6.45) is 4.13. The van der Waals surface area contributed by atoms with Gasteiger partial charge in [-0.15, -0.1) is 0 Å². The molecule has 2 atom stereocenters. The van der Waals surface area contributed by atoms with Gasteiger partial charge in [0.2, 0.25) is 5.91 Å². The van der Waals surface area contributed by atoms with Crippen LogP contribution in [0.1, 0.15) is 24.1 Å². The average Bonchev–Trinajstić information content (AvgIpc) is 3.08. The molecule has 0 spiro atoms. The Bertz CT molecular complexity index is 657. The number of aryl methyl sites for hydroxylation is 2. The third-order valence-corrected chi connectivity index (χ3v) is 5.33.